The largest absolute Gasteiger partial charge is 0.493 e. The summed E-state index contributed by atoms with van der Waals surface area (Å²) in [5, 5.41) is 9.29. The maximum absolute atomic E-state index is 11.2. The molecule has 0 bridgehead atoms. The van der Waals surface area contributed by atoms with E-state index in [0.29, 0.717) is 30.6 Å². The van der Waals surface area contributed by atoms with Crippen molar-refractivity contribution in [2.75, 3.05) is 30.9 Å². The third-order valence-corrected chi connectivity index (χ3v) is 3.74. The average Bonchev–Trinajstić information content (AvgIpc) is 2.67. The fourth-order valence-corrected chi connectivity index (χ4v) is 2.59. The first-order chi connectivity index (χ1) is 13.5. The number of ether oxygens (including phenoxy) is 2. The number of carbonyl (C=O) groups is 1. The molecule has 0 saturated heterocycles. The Morgan fingerprint density at radius 2 is 1.79 bits per heavy atom. The second-order valence-corrected chi connectivity index (χ2v) is 6.00. The number of nitrogens with one attached hydrogen (secondary N) is 3. The van der Waals surface area contributed by atoms with Gasteiger partial charge in [-0.05, 0) is 43.7 Å². The van der Waals surface area contributed by atoms with Crippen LogP contribution in [-0.2, 0) is 11.3 Å². The summed E-state index contributed by atoms with van der Waals surface area (Å²) in [5.74, 6) is 1.92. The van der Waals surface area contributed by atoms with Gasteiger partial charge in [-0.1, -0.05) is 12.1 Å². The summed E-state index contributed by atoms with van der Waals surface area (Å²) in [6, 6.07) is 13.3. The van der Waals surface area contributed by atoms with Gasteiger partial charge in [-0.2, -0.15) is 0 Å². The van der Waals surface area contributed by atoms with Crippen LogP contribution in [-0.4, -0.2) is 32.1 Å². The van der Waals surface area contributed by atoms with Gasteiger partial charge in [-0.3, -0.25) is 4.79 Å². The molecule has 8 heteroatoms. The molecule has 3 N–H and O–H groups in total. The molecule has 0 heterocycles. The average molecular weight is 512 g/mol. The molecular weight excluding hydrogens is 483 g/mol. The van der Waals surface area contributed by atoms with Gasteiger partial charge in [0.25, 0.3) is 0 Å². The molecule has 0 unspecified atom stereocenters. The standard InChI is InChI=1S/C21H28N4O3.HI/c1-5-22-21(23-14-16-8-7-9-17(12-16)24-15(3)26)25-18-10-11-19(27-4)20(13-18)28-6-2;/h7-13H,5-6,14H2,1-4H3,(H,24,26)(H2,22,23,25);1H. The summed E-state index contributed by atoms with van der Waals surface area (Å²) in [5.41, 5.74) is 2.60. The van der Waals surface area contributed by atoms with E-state index in [1.165, 1.54) is 6.92 Å². The molecule has 1 amide bonds. The summed E-state index contributed by atoms with van der Waals surface area (Å²) in [7, 11) is 1.62. The molecule has 0 fully saturated rings. The Bertz CT molecular complexity index is 827. The second kappa shape index (κ2) is 12.9. The van der Waals surface area contributed by atoms with E-state index >= 15 is 0 Å². The van der Waals surface area contributed by atoms with Crippen LogP contribution < -0.4 is 25.4 Å². The third kappa shape index (κ3) is 8.18. The van der Waals surface area contributed by atoms with Crippen molar-refractivity contribution in [2.24, 2.45) is 4.99 Å². The number of benzene rings is 2. The van der Waals surface area contributed by atoms with Crippen LogP contribution in [0.25, 0.3) is 0 Å². The Morgan fingerprint density at radius 1 is 1.03 bits per heavy atom. The molecule has 2 aromatic carbocycles. The van der Waals surface area contributed by atoms with Crippen molar-refractivity contribution < 1.29 is 14.3 Å². The zero-order valence-electron chi connectivity index (χ0n) is 17.2. The van der Waals surface area contributed by atoms with Crippen LogP contribution in [0.15, 0.2) is 47.5 Å². The fourth-order valence-electron chi connectivity index (χ4n) is 2.59. The van der Waals surface area contributed by atoms with E-state index < -0.39 is 0 Å². The van der Waals surface area contributed by atoms with Crippen LogP contribution in [0, 0.1) is 0 Å². The summed E-state index contributed by atoms with van der Waals surface area (Å²) in [6.45, 7) is 7.18. The Morgan fingerprint density at radius 3 is 2.45 bits per heavy atom. The third-order valence-electron chi connectivity index (χ3n) is 3.74. The second-order valence-electron chi connectivity index (χ2n) is 6.00. The van der Waals surface area contributed by atoms with E-state index in [0.717, 1.165) is 23.5 Å². The lowest BCUT2D eigenvalue weighted by atomic mass is 10.2. The first-order valence-electron chi connectivity index (χ1n) is 9.28. The van der Waals surface area contributed by atoms with Crippen LogP contribution in [0.5, 0.6) is 11.5 Å². The zero-order chi connectivity index (χ0) is 20.4. The molecule has 0 aromatic heterocycles. The molecule has 0 atom stereocenters. The minimum Gasteiger partial charge on any atom is -0.493 e. The monoisotopic (exact) mass is 512 g/mol. The Labute approximate surface area is 189 Å². The fraction of sp³-hybridized carbons (Fsp3) is 0.333. The number of carbonyl (C=O) groups excluding carboxylic acids is 1. The molecule has 0 saturated carbocycles. The highest BCUT2D eigenvalue weighted by Crippen LogP contribution is 2.30. The van der Waals surface area contributed by atoms with E-state index in [2.05, 4.69) is 20.9 Å². The normalized spacial score (nSPS) is 10.6. The Balaban J connectivity index is 0.00000420. The number of halogens is 1. The first kappa shape index (κ1) is 24.5. The smallest absolute Gasteiger partial charge is 0.221 e. The highest BCUT2D eigenvalue weighted by molar-refractivity contribution is 14.0. The van der Waals surface area contributed by atoms with E-state index in [9.17, 15) is 4.79 Å². The van der Waals surface area contributed by atoms with Crippen LogP contribution >= 0.6 is 24.0 Å². The highest BCUT2D eigenvalue weighted by atomic mass is 127. The topological polar surface area (TPSA) is 84.0 Å². The van der Waals surface area contributed by atoms with Crippen LogP contribution in [0.1, 0.15) is 26.3 Å². The quantitative estimate of drug-likeness (QED) is 0.280. The van der Waals surface area contributed by atoms with Crippen LogP contribution in [0.2, 0.25) is 0 Å². The van der Waals surface area contributed by atoms with Gasteiger partial charge in [0, 0.05) is 30.9 Å². The number of aliphatic imine (C=N–C) groups is 1. The number of nitrogens with zero attached hydrogens (tertiary/aromatic N) is 1. The van der Waals surface area contributed by atoms with Gasteiger partial charge in [0.2, 0.25) is 5.91 Å². The lowest BCUT2D eigenvalue weighted by Gasteiger charge is -2.14. The summed E-state index contributed by atoms with van der Waals surface area (Å²) in [4.78, 5) is 15.8. The Kier molecular flexibility index (Phi) is 10.9. The molecule has 0 aliphatic rings. The summed E-state index contributed by atoms with van der Waals surface area (Å²) < 4.78 is 10.9. The maximum Gasteiger partial charge on any atom is 0.221 e. The van der Waals surface area contributed by atoms with E-state index in [4.69, 9.17) is 9.47 Å². The van der Waals surface area contributed by atoms with Gasteiger partial charge in [-0.25, -0.2) is 4.99 Å². The van der Waals surface area contributed by atoms with Crippen molar-refractivity contribution in [1.82, 2.24) is 5.32 Å². The molecule has 29 heavy (non-hydrogen) atoms. The van der Waals surface area contributed by atoms with Crippen molar-refractivity contribution in [3.63, 3.8) is 0 Å². The lowest BCUT2D eigenvalue weighted by molar-refractivity contribution is -0.114. The lowest BCUT2D eigenvalue weighted by Crippen LogP contribution is -2.30. The number of hydrogen-bond donors (Lipinski definition) is 3. The van der Waals surface area contributed by atoms with E-state index in [1.807, 2.05) is 56.3 Å². The van der Waals surface area contributed by atoms with Crippen molar-refractivity contribution in [3.8, 4) is 11.5 Å². The van der Waals surface area contributed by atoms with Gasteiger partial charge in [0.1, 0.15) is 0 Å². The van der Waals surface area contributed by atoms with Gasteiger partial charge in [0.05, 0.1) is 20.3 Å². The van der Waals surface area contributed by atoms with E-state index in [-0.39, 0.29) is 29.9 Å². The number of hydrogen-bond acceptors (Lipinski definition) is 4. The van der Waals surface area contributed by atoms with Crippen molar-refractivity contribution in [1.29, 1.82) is 0 Å². The molecule has 0 spiro atoms. The minimum atomic E-state index is -0.0970. The Hall–Kier alpha value is -2.49. The predicted molar refractivity (Wildman–Crippen MR) is 129 cm³/mol. The molecule has 0 aliphatic heterocycles. The van der Waals surface area contributed by atoms with Crippen molar-refractivity contribution in [3.05, 3.63) is 48.0 Å². The number of rotatable bonds is 8. The minimum absolute atomic E-state index is 0. The number of amides is 1. The van der Waals surface area contributed by atoms with Crippen LogP contribution in [0.4, 0.5) is 11.4 Å². The maximum atomic E-state index is 11.2. The van der Waals surface area contributed by atoms with Gasteiger partial charge >= 0.3 is 0 Å². The molecule has 7 nitrogen and oxygen atoms in total. The molecular formula is C21H29IN4O3. The molecule has 158 valence electrons. The number of guanidine groups is 1. The molecule has 0 aliphatic carbocycles. The predicted octanol–water partition coefficient (Wildman–Crippen LogP) is 4.25. The van der Waals surface area contributed by atoms with Gasteiger partial charge < -0.3 is 25.4 Å². The molecule has 2 rings (SSSR count). The highest BCUT2D eigenvalue weighted by Gasteiger charge is 2.07. The molecule has 2 aromatic rings. The van der Waals surface area contributed by atoms with Gasteiger partial charge in [-0.15, -0.1) is 24.0 Å². The summed E-state index contributed by atoms with van der Waals surface area (Å²) in [6.07, 6.45) is 0. The van der Waals surface area contributed by atoms with Crippen LogP contribution in [0.3, 0.4) is 0 Å². The number of methoxy groups -OCH3 is 1. The first-order valence-corrected chi connectivity index (χ1v) is 9.28. The summed E-state index contributed by atoms with van der Waals surface area (Å²) >= 11 is 0. The number of anilines is 2. The van der Waals surface area contributed by atoms with Gasteiger partial charge in [0.15, 0.2) is 17.5 Å². The van der Waals surface area contributed by atoms with Crippen molar-refractivity contribution in [2.45, 2.75) is 27.3 Å². The molecule has 0 radical (unpaired) electrons. The van der Waals surface area contributed by atoms with Crippen molar-refractivity contribution >= 4 is 47.2 Å². The zero-order valence-corrected chi connectivity index (χ0v) is 19.6. The SMILES string of the molecule is CCNC(=NCc1cccc(NC(C)=O)c1)Nc1ccc(OC)c(OCC)c1.I. The van der Waals surface area contributed by atoms with E-state index in [1.54, 1.807) is 7.11 Å².